The van der Waals surface area contributed by atoms with Gasteiger partial charge in [0.25, 0.3) is 5.91 Å². The Kier molecular flexibility index (Phi) is 7.47. The molecule has 29 heavy (non-hydrogen) atoms. The maximum atomic E-state index is 12.2. The summed E-state index contributed by atoms with van der Waals surface area (Å²) in [5, 5.41) is 11.6. The van der Waals surface area contributed by atoms with Gasteiger partial charge in [-0.25, -0.2) is 13.1 Å². The van der Waals surface area contributed by atoms with Crippen molar-refractivity contribution in [2.45, 2.75) is 31.3 Å². The predicted octanol–water partition coefficient (Wildman–Crippen LogP) is 2.11. The summed E-state index contributed by atoms with van der Waals surface area (Å²) in [6.07, 6.45) is -1.35. The van der Waals surface area contributed by atoms with Crippen LogP contribution < -0.4 is 10.0 Å². The minimum atomic E-state index is -3.73. The molecular weight excluding hydrogens is 394 g/mol. The molecule has 152 valence electrons. The van der Waals surface area contributed by atoms with Gasteiger partial charge in [0.1, 0.15) is 6.07 Å². The van der Waals surface area contributed by atoms with E-state index in [1.165, 1.54) is 19.1 Å². The highest BCUT2D eigenvalue weighted by Gasteiger charge is 2.20. The van der Waals surface area contributed by atoms with Gasteiger partial charge in [-0.3, -0.25) is 9.59 Å². The molecule has 2 N–H and O–H groups in total. The number of amides is 1. The van der Waals surface area contributed by atoms with Crippen LogP contribution in [0.15, 0.2) is 53.4 Å². The standard InChI is InChI=1S/C20H21N3O5S/c1-14-7-9-17(10-8-14)29(26,27)22-12-11-19(24)28-15(2)20(25)23-18-6-4-3-5-16(18)13-21/h3-10,15,22H,11-12H2,1-2H3,(H,23,25)/t15-/m1/s1. The van der Waals surface area contributed by atoms with Crippen molar-refractivity contribution in [2.75, 3.05) is 11.9 Å². The summed E-state index contributed by atoms with van der Waals surface area (Å²) in [6, 6.07) is 14.7. The molecule has 1 atom stereocenters. The molecule has 0 radical (unpaired) electrons. The Bertz CT molecular complexity index is 1030. The number of nitriles is 1. The number of ether oxygens (including phenoxy) is 1. The Morgan fingerprint density at radius 2 is 1.79 bits per heavy atom. The van der Waals surface area contributed by atoms with Crippen molar-refractivity contribution in [3.8, 4) is 6.07 Å². The number of hydrogen-bond donors (Lipinski definition) is 2. The van der Waals surface area contributed by atoms with E-state index >= 15 is 0 Å². The molecule has 0 aliphatic heterocycles. The third-order valence-electron chi connectivity index (χ3n) is 3.94. The van der Waals surface area contributed by atoms with Gasteiger partial charge < -0.3 is 10.1 Å². The molecular formula is C20H21N3O5S. The quantitative estimate of drug-likeness (QED) is 0.636. The summed E-state index contributed by atoms with van der Waals surface area (Å²) in [4.78, 5) is 24.2. The molecule has 0 aliphatic carbocycles. The van der Waals surface area contributed by atoms with Gasteiger partial charge in [-0.2, -0.15) is 5.26 Å². The molecule has 0 spiro atoms. The number of para-hydroxylation sites is 1. The number of benzene rings is 2. The van der Waals surface area contributed by atoms with Gasteiger partial charge in [-0.05, 0) is 38.1 Å². The molecule has 1 amide bonds. The topological polar surface area (TPSA) is 125 Å². The minimum absolute atomic E-state index is 0.0976. The molecule has 0 fully saturated rings. The highest BCUT2D eigenvalue weighted by atomic mass is 32.2. The van der Waals surface area contributed by atoms with E-state index in [1.54, 1.807) is 36.4 Å². The molecule has 9 heteroatoms. The lowest BCUT2D eigenvalue weighted by Crippen LogP contribution is -2.32. The van der Waals surface area contributed by atoms with Gasteiger partial charge in [0, 0.05) is 6.54 Å². The van der Waals surface area contributed by atoms with Crippen molar-refractivity contribution < 1.29 is 22.7 Å². The van der Waals surface area contributed by atoms with E-state index in [-0.39, 0.29) is 23.4 Å². The van der Waals surface area contributed by atoms with Gasteiger partial charge in [0.15, 0.2) is 6.10 Å². The van der Waals surface area contributed by atoms with E-state index in [2.05, 4.69) is 10.0 Å². The number of aryl methyl sites for hydroxylation is 1. The van der Waals surface area contributed by atoms with Gasteiger partial charge >= 0.3 is 5.97 Å². The summed E-state index contributed by atoms with van der Waals surface area (Å²) in [5.41, 5.74) is 1.52. The van der Waals surface area contributed by atoms with Gasteiger partial charge in [0.2, 0.25) is 10.0 Å². The van der Waals surface area contributed by atoms with Crippen LogP contribution in [0.3, 0.4) is 0 Å². The van der Waals surface area contributed by atoms with E-state index in [0.717, 1.165) is 5.56 Å². The molecule has 8 nitrogen and oxygen atoms in total. The summed E-state index contributed by atoms with van der Waals surface area (Å²) < 4.78 is 31.7. The number of carbonyl (C=O) groups is 2. The van der Waals surface area contributed by atoms with Crippen molar-refractivity contribution in [1.29, 1.82) is 5.26 Å². The maximum absolute atomic E-state index is 12.2. The van der Waals surface area contributed by atoms with E-state index in [9.17, 15) is 18.0 Å². The summed E-state index contributed by atoms with van der Waals surface area (Å²) in [6.45, 7) is 3.06. The van der Waals surface area contributed by atoms with Crippen molar-refractivity contribution in [3.63, 3.8) is 0 Å². The second kappa shape index (κ2) is 9.82. The van der Waals surface area contributed by atoms with Crippen LogP contribution in [0, 0.1) is 18.3 Å². The molecule has 0 heterocycles. The number of carbonyl (C=O) groups excluding carboxylic acids is 2. The van der Waals surface area contributed by atoms with E-state index in [1.807, 2.05) is 13.0 Å². The number of rotatable bonds is 8. The molecule has 0 saturated carbocycles. The monoisotopic (exact) mass is 415 g/mol. The van der Waals surface area contributed by atoms with Gasteiger partial charge in [-0.15, -0.1) is 0 Å². The Morgan fingerprint density at radius 1 is 1.14 bits per heavy atom. The Hall–Kier alpha value is -3.22. The van der Waals surface area contributed by atoms with Crippen LogP contribution in [0.2, 0.25) is 0 Å². The molecule has 0 unspecified atom stereocenters. The fraction of sp³-hybridized carbons (Fsp3) is 0.250. The van der Waals surface area contributed by atoms with Gasteiger partial charge in [-0.1, -0.05) is 29.8 Å². The number of anilines is 1. The summed E-state index contributed by atoms with van der Waals surface area (Å²) in [7, 11) is -3.73. The second-order valence-electron chi connectivity index (χ2n) is 6.24. The fourth-order valence-corrected chi connectivity index (χ4v) is 3.35. The van der Waals surface area contributed by atoms with Crippen molar-refractivity contribution >= 4 is 27.6 Å². The Morgan fingerprint density at radius 3 is 2.45 bits per heavy atom. The molecule has 0 aromatic heterocycles. The minimum Gasteiger partial charge on any atom is -0.452 e. The smallest absolute Gasteiger partial charge is 0.307 e. The first-order chi connectivity index (χ1) is 13.7. The number of hydrogen-bond acceptors (Lipinski definition) is 6. The van der Waals surface area contributed by atoms with Crippen LogP contribution in [-0.4, -0.2) is 32.9 Å². The zero-order valence-corrected chi connectivity index (χ0v) is 16.8. The van der Waals surface area contributed by atoms with Crippen LogP contribution in [0.5, 0.6) is 0 Å². The zero-order chi connectivity index (χ0) is 21.4. The summed E-state index contributed by atoms with van der Waals surface area (Å²) in [5.74, 6) is -1.32. The normalized spacial score (nSPS) is 11.9. The lowest BCUT2D eigenvalue weighted by atomic mass is 10.2. The van der Waals surface area contributed by atoms with Crippen molar-refractivity contribution in [2.24, 2.45) is 0 Å². The first-order valence-corrected chi connectivity index (χ1v) is 10.3. The molecule has 0 saturated heterocycles. The van der Waals surface area contributed by atoms with Crippen molar-refractivity contribution in [3.05, 3.63) is 59.7 Å². The Labute approximate surface area is 169 Å². The SMILES string of the molecule is Cc1ccc(S(=O)(=O)NCCC(=O)O[C@H](C)C(=O)Nc2ccccc2C#N)cc1. The fourth-order valence-electron chi connectivity index (χ4n) is 2.32. The lowest BCUT2D eigenvalue weighted by Gasteiger charge is -2.14. The second-order valence-corrected chi connectivity index (χ2v) is 8.01. The van der Waals surface area contributed by atoms with E-state index in [0.29, 0.717) is 5.69 Å². The predicted molar refractivity (Wildman–Crippen MR) is 106 cm³/mol. The average Bonchev–Trinajstić information content (AvgIpc) is 2.68. The zero-order valence-electron chi connectivity index (χ0n) is 16.0. The largest absolute Gasteiger partial charge is 0.452 e. The number of nitrogens with one attached hydrogen (secondary N) is 2. The van der Waals surface area contributed by atoms with E-state index < -0.39 is 28.0 Å². The average molecular weight is 415 g/mol. The van der Waals surface area contributed by atoms with Crippen LogP contribution in [0.1, 0.15) is 24.5 Å². The maximum Gasteiger partial charge on any atom is 0.307 e. The summed E-state index contributed by atoms with van der Waals surface area (Å²) >= 11 is 0. The highest BCUT2D eigenvalue weighted by Crippen LogP contribution is 2.14. The third kappa shape index (κ3) is 6.41. The molecule has 2 aromatic carbocycles. The van der Waals surface area contributed by atoms with Crippen LogP contribution in [0.4, 0.5) is 5.69 Å². The molecule has 0 bridgehead atoms. The first kappa shape index (κ1) is 22.1. The molecule has 2 rings (SSSR count). The highest BCUT2D eigenvalue weighted by molar-refractivity contribution is 7.89. The molecule has 2 aromatic rings. The first-order valence-electron chi connectivity index (χ1n) is 8.79. The third-order valence-corrected chi connectivity index (χ3v) is 5.41. The number of sulfonamides is 1. The van der Waals surface area contributed by atoms with Crippen LogP contribution >= 0.6 is 0 Å². The molecule has 0 aliphatic rings. The van der Waals surface area contributed by atoms with Crippen molar-refractivity contribution in [1.82, 2.24) is 4.72 Å². The van der Waals surface area contributed by atoms with Crippen LogP contribution in [-0.2, 0) is 24.3 Å². The van der Waals surface area contributed by atoms with E-state index in [4.69, 9.17) is 10.00 Å². The van der Waals surface area contributed by atoms with Crippen LogP contribution in [0.25, 0.3) is 0 Å². The Balaban J connectivity index is 1.83. The van der Waals surface area contributed by atoms with Gasteiger partial charge in [0.05, 0.1) is 22.6 Å². The number of esters is 1. The lowest BCUT2D eigenvalue weighted by molar-refractivity contribution is -0.152. The number of nitrogens with zero attached hydrogens (tertiary/aromatic N) is 1.